The normalized spacial score (nSPS) is 19.9. The third-order valence-corrected chi connectivity index (χ3v) is 5.80. The highest BCUT2D eigenvalue weighted by Gasteiger charge is 2.31. The number of nitrogens with zero attached hydrogens (tertiary/aromatic N) is 3. The molecule has 5 nitrogen and oxygen atoms in total. The number of halogens is 3. The Kier molecular flexibility index (Phi) is 5.26. The molecule has 1 aromatic heterocycles. The summed E-state index contributed by atoms with van der Waals surface area (Å²) in [6.45, 7) is 3.43. The molecule has 152 valence electrons. The molecule has 0 radical (unpaired) electrons. The number of rotatable bonds is 2. The van der Waals surface area contributed by atoms with Gasteiger partial charge in [0.2, 0.25) is 0 Å². The van der Waals surface area contributed by atoms with Crippen LogP contribution in [0.2, 0.25) is 0 Å². The molecule has 1 saturated heterocycles. The monoisotopic (exact) mass is 421 g/mol. The first-order chi connectivity index (χ1) is 13.8. The average molecular weight is 421 g/mol. The molecule has 0 aliphatic carbocycles. The van der Waals surface area contributed by atoms with Crippen LogP contribution in [0.25, 0.3) is 17.4 Å². The van der Waals surface area contributed by atoms with Crippen LogP contribution < -0.4 is 0 Å². The van der Waals surface area contributed by atoms with Gasteiger partial charge >= 0.3 is 6.18 Å². The maximum Gasteiger partial charge on any atom is 0.416 e. The number of carbonyl (C=O) groups is 1. The zero-order valence-electron chi connectivity index (χ0n) is 15.6. The van der Waals surface area contributed by atoms with E-state index in [4.69, 9.17) is 4.42 Å². The van der Waals surface area contributed by atoms with Gasteiger partial charge in [-0.25, -0.2) is 0 Å². The standard InChI is InChI=1S/C20H18F3N3O2S/c1-25-7-9-26(10-8-25)19-24-18(27)17(29-19)12-15-5-6-16(28-15)13-3-2-4-14(11-13)20(21,22)23/h2-6,11-12H,7-10H2,1H3/b17-12-. The van der Waals surface area contributed by atoms with Gasteiger partial charge in [-0.3, -0.25) is 4.79 Å². The van der Waals surface area contributed by atoms with Crippen LogP contribution >= 0.6 is 11.8 Å². The third-order valence-electron chi connectivity index (χ3n) is 4.76. The number of alkyl halides is 3. The molecular weight excluding hydrogens is 403 g/mol. The molecule has 0 unspecified atom stereocenters. The zero-order valence-corrected chi connectivity index (χ0v) is 16.4. The number of benzene rings is 1. The van der Waals surface area contributed by atoms with Crippen LogP contribution in [0, 0.1) is 0 Å². The molecule has 1 fully saturated rings. The van der Waals surface area contributed by atoms with E-state index in [9.17, 15) is 18.0 Å². The summed E-state index contributed by atoms with van der Waals surface area (Å²) in [7, 11) is 2.05. The van der Waals surface area contributed by atoms with Crippen LogP contribution in [0.4, 0.5) is 13.2 Å². The summed E-state index contributed by atoms with van der Waals surface area (Å²) >= 11 is 1.29. The summed E-state index contributed by atoms with van der Waals surface area (Å²) in [5, 5.41) is 0.680. The largest absolute Gasteiger partial charge is 0.457 e. The second-order valence-electron chi connectivity index (χ2n) is 6.88. The zero-order chi connectivity index (χ0) is 20.6. The molecule has 0 N–H and O–H groups in total. The Morgan fingerprint density at radius 1 is 1.14 bits per heavy atom. The van der Waals surface area contributed by atoms with Crippen molar-refractivity contribution in [3.63, 3.8) is 0 Å². The molecule has 29 heavy (non-hydrogen) atoms. The van der Waals surface area contributed by atoms with Crippen molar-refractivity contribution in [3.05, 3.63) is 52.6 Å². The van der Waals surface area contributed by atoms with Crippen molar-refractivity contribution in [2.24, 2.45) is 4.99 Å². The maximum atomic E-state index is 12.9. The van der Waals surface area contributed by atoms with E-state index >= 15 is 0 Å². The van der Waals surface area contributed by atoms with Gasteiger partial charge in [0.1, 0.15) is 11.5 Å². The van der Waals surface area contributed by atoms with Crippen molar-refractivity contribution in [2.45, 2.75) is 6.18 Å². The topological polar surface area (TPSA) is 49.0 Å². The lowest BCUT2D eigenvalue weighted by Crippen LogP contribution is -2.46. The fourth-order valence-corrected chi connectivity index (χ4v) is 4.04. The van der Waals surface area contributed by atoms with E-state index in [-0.39, 0.29) is 5.91 Å². The quantitative estimate of drug-likeness (QED) is 0.681. The van der Waals surface area contributed by atoms with Gasteiger partial charge in [0.05, 0.1) is 10.5 Å². The van der Waals surface area contributed by atoms with Gasteiger partial charge in [0, 0.05) is 37.8 Å². The minimum absolute atomic E-state index is 0.304. The van der Waals surface area contributed by atoms with E-state index in [1.807, 2.05) is 0 Å². The number of aliphatic imine (C=N–C) groups is 1. The summed E-state index contributed by atoms with van der Waals surface area (Å²) in [5.41, 5.74) is -0.415. The number of furan rings is 1. The van der Waals surface area contributed by atoms with Gasteiger partial charge in [-0.15, -0.1) is 0 Å². The maximum absolute atomic E-state index is 12.9. The van der Waals surface area contributed by atoms with E-state index in [0.29, 0.717) is 27.2 Å². The summed E-state index contributed by atoms with van der Waals surface area (Å²) in [6, 6.07) is 8.17. The van der Waals surface area contributed by atoms with Crippen LogP contribution in [0.15, 0.2) is 50.7 Å². The fourth-order valence-electron chi connectivity index (χ4n) is 3.09. The Morgan fingerprint density at radius 2 is 1.90 bits per heavy atom. The van der Waals surface area contributed by atoms with Crippen LogP contribution in [-0.4, -0.2) is 54.1 Å². The number of likely N-dealkylation sites (N-methyl/N-ethyl adjacent to an activating group) is 1. The van der Waals surface area contributed by atoms with Gasteiger partial charge in [0.25, 0.3) is 5.91 Å². The summed E-state index contributed by atoms with van der Waals surface area (Å²) < 4.78 is 44.4. The Hall–Kier alpha value is -2.52. The van der Waals surface area contributed by atoms with Crippen LogP contribution in [0.3, 0.4) is 0 Å². The van der Waals surface area contributed by atoms with Crippen LogP contribution in [0.1, 0.15) is 11.3 Å². The first kappa shape index (κ1) is 19.8. The average Bonchev–Trinajstić information content (AvgIpc) is 3.29. The SMILES string of the molecule is CN1CCN(C2=NC(=O)/C(=C/c3ccc(-c4cccc(C(F)(F)F)c4)o3)S2)CC1. The van der Waals surface area contributed by atoms with Crippen molar-refractivity contribution < 1.29 is 22.4 Å². The number of amides is 1. The van der Waals surface area contributed by atoms with E-state index in [2.05, 4.69) is 21.8 Å². The molecule has 1 aromatic carbocycles. The number of hydrogen-bond donors (Lipinski definition) is 0. The molecular formula is C20H18F3N3O2S. The molecule has 0 saturated carbocycles. The van der Waals surface area contributed by atoms with E-state index in [1.54, 1.807) is 24.3 Å². The molecule has 9 heteroatoms. The number of piperazine rings is 1. The summed E-state index contributed by atoms with van der Waals surface area (Å²) in [5.74, 6) is 0.364. The predicted molar refractivity (Wildman–Crippen MR) is 106 cm³/mol. The lowest BCUT2D eigenvalue weighted by Gasteiger charge is -2.32. The van der Waals surface area contributed by atoms with E-state index in [0.717, 1.165) is 38.3 Å². The molecule has 2 aliphatic heterocycles. The fraction of sp³-hybridized carbons (Fsp3) is 0.300. The van der Waals surface area contributed by atoms with Crippen molar-refractivity contribution >= 4 is 28.9 Å². The molecule has 2 aliphatic rings. The smallest absolute Gasteiger partial charge is 0.416 e. The van der Waals surface area contributed by atoms with E-state index < -0.39 is 11.7 Å². The van der Waals surface area contributed by atoms with Gasteiger partial charge < -0.3 is 14.2 Å². The van der Waals surface area contributed by atoms with Gasteiger partial charge in [0.15, 0.2) is 5.17 Å². The number of thioether (sulfide) groups is 1. The Bertz CT molecular complexity index is 989. The Balaban J connectivity index is 1.50. The highest BCUT2D eigenvalue weighted by Crippen LogP contribution is 2.34. The Morgan fingerprint density at radius 3 is 2.62 bits per heavy atom. The minimum atomic E-state index is -4.42. The second kappa shape index (κ2) is 7.72. The lowest BCUT2D eigenvalue weighted by molar-refractivity contribution is -0.137. The number of hydrogen-bond acceptors (Lipinski definition) is 5. The van der Waals surface area contributed by atoms with Crippen LogP contribution in [0.5, 0.6) is 0 Å². The number of amidine groups is 1. The minimum Gasteiger partial charge on any atom is -0.457 e. The first-order valence-corrected chi connectivity index (χ1v) is 9.85. The molecule has 0 bridgehead atoms. The van der Waals surface area contributed by atoms with Crippen LogP contribution in [-0.2, 0) is 11.0 Å². The van der Waals surface area contributed by atoms with Crippen molar-refractivity contribution in [2.75, 3.05) is 33.2 Å². The predicted octanol–water partition coefficient (Wildman–Crippen LogP) is 4.18. The highest BCUT2D eigenvalue weighted by molar-refractivity contribution is 8.18. The van der Waals surface area contributed by atoms with Gasteiger partial charge in [-0.2, -0.15) is 18.2 Å². The van der Waals surface area contributed by atoms with Gasteiger partial charge in [-0.1, -0.05) is 12.1 Å². The molecule has 4 rings (SSSR count). The summed E-state index contributed by atoms with van der Waals surface area (Å²) in [4.78, 5) is 21.1. The van der Waals surface area contributed by atoms with Crippen molar-refractivity contribution in [1.82, 2.24) is 9.80 Å². The van der Waals surface area contributed by atoms with Crippen molar-refractivity contribution in [3.8, 4) is 11.3 Å². The second-order valence-corrected chi connectivity index (χ2v) is 7.89. The lowest BCUT2D eigenvalue weighted by atomic mass is 10.1. The molecule has 1 amide bonds. The highest BCUT2D eigenvalue weighted by atomic mass is 32.2. The summed E-state index contributed by atoms with van der Waals surface area (Å²) in [6.07, 6.45) is -2.84. The first-order valence-electron chi connectivity index (χ1n) is 9.03. The van der Waals surface area contributed by atoms with E-state index in [1.165, 1.54) is 17.8 Å². The third kappa shape index (κ3) is 4.40. The molecule has 2 aromatic rings. The van der Waals surface area contributed by atoms with Crippen molar-refractivity contribution in [1.29, 1.82) is 0 Å². The Labute approximate surface area is 169 Å². The molecule has 0 spiro atoms. The molecule has 3 heterocycles. The number of carbonyl (C=O) groups excluding carboxylic acids is 1. The molecule has 0 atom stereocenters. The van der Waals surface area contributed by atoms with Gasteiger partial charge in [-0.05, 0) is 43.1 Å².